The number of carbonyl (C=O) groups is 2. The second-order valence-corrected chi connectivity index (χ2v) is 3.70. The van der Waals surface area contributed by atoms with Crippen molar-refractivity contribution >= 4 is 23.6 Å². The zero-order valence-corrected chi connectivity index (χ0v) is 8.28. The minimum Gasteiger partial charge on any atom is -0.477 e. The number of hydrogen-bond donors (Lipinski definition) is 1. The molecule has 2 rings (SSSR count). The fraction of sp³-hybridized carbons (Fsp3) is 0. The summed E-state index contributed by atoms with van der Waals surface area (Å²) in [5.41, 5.74) is 0.501. The highest BCUT2D eigenvalue weighted by molar-refractivity contribution is 7.12. The molecule has 0 aromatic carbocycles. The summed E-state index contributed by atoms with van der Waals surface area (Å²) in [6.07, 6.45) is 0.580. The van der Waals surface area contributed by atoms with Gasteiger partial charge in [-0.05, 0) is 23.6 Å². The van der Waals surface area contributed by atoms with Crippen LogP contribution in [0.1, 0.15) is 20.2 Å². The maximum Gasteiger partial charge on any atom is 0.346 e. The van der Waals surface area contributed by atoms with Crippen molar-refractivity contribution in [2.45, 2.75) is 0 Å². The third kappa shape index (κ3) is 1.69. The van der Waals surface area contributed by atoms with Gasteiger partial charge in [-0.1, -0.05) is 0 Å². The maximum atomic E-state index is 10.8. The predicted molar refractivity (Wildman–Crippen MR) is 54.4 cm³/mol. The van der Waals surface area contributed by atoms with Crippen molar-refractivity contribution in [2.24, 2.45) is 0 Å². The fourth-order valence-corrected chi connectivity index (χ4v) is 1.97. The van der Waals surface area contributed by atoms with Crippen molar-refractivity contribution < 1.29 is 19.1 Å². The first kappa shape index (κ1) is 9.67. The SMILES string of the molecule is O=Cc1ccc(-c2ccsc2C(=O)O)o1. The molecule has 0 radical (unpaired) electrons. The van der Waals surface area contributed by atoms with Crippen LogP contribution in [0.15, 0.2) is 28.0 Å². The molecule has 15 heavy (non-hydrogen) atoms. The summed E-state index contributed by atoms with van der Waals surface area (Å²) in [7, 11) is 0. The fourth-order valence-electron chi connectivity index (χ4n) is 1.23. The first-order valence-electron chi connectivity index (χ1n) is 4.08. The van der Waals surface area contributed by atoms with Crippen LogP contribution in [0.3, 0.4) is 0 Å². The van der Waals surface area contributed by atoms with Crippen LogP contribution < -0.4 is 0 Å². The molecule has 0 spiro atoms. The molecule has 0 aliphatic heterocycles. The minimum absolute atomic E-state index is 0.188. The van der Waals surface area contributed by atoms with Crippen molar-refractivity contribution in [3.05, 3.63) is 34.2 Å². The Morgan fingerprint density at radius 2 is 2.20 bits per heavy atom. The molecule has 0 saturated carbocycles. The largest absolute Gasteiger partial charge is 0.477 e. The van der Waals surface area contributed by atoms with E-state index < -0.39 is 5.97 Å². The molecule has 0 bridgehead atoms. The molecule has 2 aromatic rings. The number of carboxylic acid groups (broad SMARTS) is 1. The van der Waals surface area contributed by atoms with Gasteiger partial charge in [0, 0.05) is 5.56 Å². The summed E-state index contributed by atoms with van der Waals surface area (Å²) in [5, 5.41) is 10.5. The van der Waals surface area contributed by atoms with Gasteiger partial charge in [0.25, 0.3) is 0 Å². The summed E-state index contributed by atoms with van der Waals surface area (Å²) in [4.78, 5) is 21.4. The highest BCUT2D eigenvalue weighted by Gasteiger charge is 2.15. The van der Waals surface area contributed by atoms with Gasteiger partial charge in [0.2, 0.25) is 0 Å². The Morgan fingerprint density at radius 1 is 1.40 bits per heavy atom. The van der Waals surface area contributed by atoms with Gasteiger partial charge in [-0.2, -0.15) is 0 Å². The first-order valence-corrected chi connectivity index (χ1v) is 4.96. The van der Waals surface area contributed by atoms with Gasteiger partial charge in [0.15, 0.2) is 12.0 Å². The molecule has 1 N–H and O–H groups in total. The summed E-state index contributed by atoms with van der Waals surface area (Å²) in [6, 6.07) is 4.74. The Kier molecular flexibility index (Phi) is 2.39. The molecule has 0 unspecified atom stereocenters. The summed E-state index contributed by atoms with van der Waals surface area (Å²) < 4.78 is 5.14. The average Bonchev–Trinajstić information content (AvgIpc) is 2.85. The van der Waals surface area contributed by atoms with E-state index in [-0.39, 0.29) is 10.6 Å². The van der Waals surface area contributed by atoms with Crippen molar-refractivity contribution in [1.29, 1.82) is 0 Å². The number of thiophene rings is 1. The smallest absolute Gasteiger partial charge is 0.346 e. The van der Waals surface area contributed by atoms with Crippen molar-refractivity contribution in [2.75, 3.05) is 0 Å². The van der Waals surface area contributed by atoms with Crippen molar-refractivity contribution in [3.8, 4) is 11.3 Å². The number of carbonyl (C=O) groups excluding carboxylic acids is 1. The Labute approximate surface area is 88.8 Å². The average molecular weight is 222 g/mol. The van der Waals surface area contributed by atoms with E-state index >= 15 is 0 Å². The lowest BCUT2D eigenvalue weighted by Gasteiger charge is -1.94. The molecule has 0 fully saturated rings. The number of hydrogen-bond acceptors (Lipinski definition) is 4. The Bertz CT molecular complexity index is 509. The molecule has 0 saturated heterocycles. The van der Waals surface area contributed by atoms with Crippen LogP contribution in [-0.2, 0) is 0 Å². The van der Waals surface area contributed by atoms with E-state index in [9.17, 15) is 9.59 Å². The third-order valence-electron chi connectivity index (χ3n) is 1.87. The lowest BCUT2D eigenvalue weighted by Crippen LogP contribution is -1.93. The minimum atomic E-state index is -0.996. The van der Waals surface area contributed by atoms with Crippen LogP contribution >= 0.6 is 11.3 Å². The highest BCUT2D eigenvalue weighted by Crippen LogP contribution is 2.29. The quantitative estimate of drug-likeness (QED) is 0.810. The van der Waals surface area contributed by atoms with Gasteiger partial charge < -0.3 is 9.52 Å². The van der Waals surface area contributed by atoms with Gasteiger partial charge in [-0.15, -0.1) is 11.3 Å². The van der Waals surface area contributed by atoms with Crippen LogP contribution in [0.2, 0.25) is 0 Å². The van der Waals surface area contributed by atoms with Gasteiger partial charge in [0.05, 0.1) is 0 Å². The van der Waals surface area contributed by atoms with Crippen LogP contribution in [0, 0.1) is 0 Å². The van der Waals surface area contributed by atoms with Crippen LogP contribution in [0.5, 0.6) is 0 Å². The van der Waals surface area contributed by atoms with E-state index in [1.807, 2.05) is 0 Å². The first-order chi connectivity index (χ1) is 7.22. The highest BCUT2D eigenvalue weighted by atomic mass is 32.1. The van der Waals surface area contributed by atoms with Gasteiger partial charge >= 0.3 is 5.97 Å². The molecule has 0 amide bonds. The molecular formula is C10H6O4S. The monoisotopic (exact) mass is 222 g/mol. The number of furan rings is 1. The maximum absolute atomic E-state index is 10.8. The second kappa shape index (κ2) is 3.70. The number of aromatic carboxylic acids is 1. The molecule has 2 aromatic heterocycles. The van der Waals surface area contributed by atoms with Gasteiger partial charge in [-0.3, -0.25) is 4.79 Å². The number of rotatable bonds is 3. The van der Waals surface area contributed by atoms with E-state index in [2.05, 4.69) is 0 Å². The molecule has 0 atom stereocenters. The van der Waals surface area contributed by atoms with Gasteiger partial charge in [0.1, 0.15) is 10.6 Å². The zero-order chi connectivity index (χ0) is 10.8. The van der Waals surface area contributed by atoms with E-state index in [0.29, 0.717) is 17.6 Å². The summed E-state index contributed by atoms with van der Waals surface area (Å²) in [5.74, 6) is -0.410. The molecule has 76 valence electrons. The second-order valence-electron chi connectivity index (χ2n) is 2.79. The molecule has 0 aliphatic rings. The third-order valence-corrected chi connectivity index (χ3v) is 2.77. The van der Waals surface area contributed by atoms with Crippen LogP contribution in [0.25, 0.3) is 11.3 Å². The number of aldehydes is 1. The van der Waals surface area contributed by atoms with Gasteiger partial charge in [-0.25, -0.2) is 4.79 Å². The summed E-state index contributed by atoms with van der Waals surface area (Å²) >= 11 is 1.12. The Morgan fingerprint density at radius 3 is 2.80 bits per heavy atom. The molecule has 0 aliphatic carbocycles. The van der Waals surface area contributed by atoms with E-state index in [4.69, 9.17) is 9.52 Å². The Hall–Kier alpha value is -1.88. The van der Waals surface area contributed by atoms with E-state index in [0.717, 1.165) is 11.3 Å². The lowest BCUT2D eigenvalue weighted by molar-refractivity contribution is 0.0702. The number of carboxylic acids is 1. The molecule has 2 heterocycles. The van der Waals surface area contributed by atoms with Crippen LogP contribution in [-0.4, -0.2) is 17.4 Å². The normalized spacial score (nSPS) is 10.1. The van der Waals surface area contributed by atoms with E-state index in [1.54, 1.807) is 17.5 Å². The van der Waals surface area contributed by atoms with Crippen molar-refractivity contribution in [1.82, 2.24) is 0 Å². The topological polar surface area (TPSA) is 67.5 Å². The summed E-state index contributed by atoms with van der Waals surface area (Å²) in [6.45, 7) is 0. The Balaban J connectivity index is 2.48. The van der Waals surface area contributed by atoms with Crippen LogP contribution in [0.4, 0.5) is 0 Å². The molecular weight excluding hydrogens is 216 g/mol. The molecule has 4 nitrogen and oxygen atoms in total. The van der Waals surface area contributed by atoms with Crippen molar-refractivity contribution in [3.63, 3.8) is 0 Å². The predicted octanol–water partition coefficient (Wildman–Crippen LogP) is 2.52. The molecule has 5 heteroatoms. The van der Waals surface area contributed by atoms with E-state index in [1.165, 1.54) is 6.07 Å². The zero-order valence-electron chi connectivity index (χ0n) is 7.47. The standard InChI is InChI=1S/C10H6O4S/c11-5-6-1-2-8(14-6)7-3-4-15-9(7)10(12)13/h1-5H,(H,12,13). The lowest BCUT2D eigenvalue weighted by atomic mass is 10.2.